The predicted molar refractivity (Wildman–Crippen MR) is 194 cm³/mol. The van der Waals surface area contributed by atoms with E-state index in [-0.39, 0.29) is 17.3 Å². The number of carbonyl (C=O) groups is 3. The monoisotopic (exact) mass is 689 g/mol. The number of benzene rings is 1. The van der Waals surface area contributed by atoms with Crippen LogP contribution >= 0.6 is 0 Å². The number of allylic oxidation sites excluding steroid dienone is 8. The highest BCUT2D eigenvalue weighted by Gasteiger charge is 2.38. The van der Waals surface area contributed by atoms with Crippen LogP contribution in [0, 0.1) is 0 Å². The second-order valence-corrected chi connectivity index (χ2v) is 12.2. The molecule has 1 amide bonds. The maximum atomic E-state index is 13.5. The first-order valence-electron chi connectivity index (χ1n) is 16.6. The Morgan fingerprint density at radius 1 is 1.04 bits per heavy atom. The Morgan fingerprint density at radius 2 is 1.74 bits per heavy atom. The number of alkyl carbamates (subject to hydrolysis) is 1. The Balaban J connectivity index is 2.17. The zero-order chi connectivity index (χ0) is 37.3. The van der Waals surface area contributed by atoms with Gasteiger partial charge in [-0.3, -0.25) is 10.1 Å². The molecule has 0 unspecified atom stereocenters. The van der Waals surface area contributed by atoms with Crippen molar-refractivity contribution in [1.29, 1.82) is 0 Å². The first-order chi connectivity index (χ1) is 23.8. The molecule has 0 saturated carbocycles. The van der Waals surface area contributed by atoms with Crippen LogP contribution in [0.1, 0.15) is 101 Å². The highest BCUT2D eigenvalue weighted by atomic mass is 16.6. The van der Waals surface area contributed by atoms with Gasteiger partial charge in [0.05, 0.1) is 7.11 Å². The second-order valence-electron chi connectivity index (χ2n) is 12.2. The molecule has 0 spiro atoms. The highest BCUT2D eigenvalue weighted by Crippen LogP contribution is 2.29. The summed E-state index contributed by atoms with van der Waals surface area (Å²) in [6.07, 6.45) is 14.3. The molecule has 0 aliphatic heterocycles. The number of ketones is 1. The van der Waals surface area contributed by atoms with Gasteiger partial charge >= 0.3 is 17.7 Å². The van der Waals surface area contributed by atoms with Gasteiger partial charge in [-0.1, -0.05) is 79.3 Å². The topological polar surface area (TPSA) is 141 Å². The third-order valence-electron chi connectivity index (χ3n) is 8.40. The molecular formula is C40H51NO9. The van der Waals surface area contributed by atoms with Crippen LogP contribution in [0.15, 0.2) is 105 Å². The fourth-order valence-electron chi connectivity index (χ4n) is 4.91. The predicted octanol–water partition coefficient (Wildman–Crippen LogP) is 8.34. The van der Waals surface area contributed by atoms with Gasteiger partial charge in [-0.25, -0.2) is 14.4 Å². The molecule has 2 N–H and O–H groups in total. The summed E-state index contributed by atoms with van der Waals surface area (Å²) < 4.78 is 21.6. The average Bonchev–Trinajstić information content (AvgIpc) is 3.11. The fourth-order valence-corrected chi connectivity index (χ4v) is 4.91. The Morgan fingerprint density at radius 3 is 2.36 bits per heavy atom. The van der Waals surface area contributed by atoms with E-state index in [2.05, 4.69) is 10.1 Å². The van der Waals surface area contributed by atoms with Gasteiger partial charge in [0.15, 0.2) is 11.4 Å². The number of hydrogen-bond acceptors (Lipinski definition) is 9. The Hall–Kier alpha value is -4.96. The number of methoxy groups -OCH3 is 2. The van der Waals surface area contributed by atoms with Gasteiger partial charge in [-0.05, 0) is 83.4 Å². The molecule has 3 atom stereocenters. The van der Waals surface area contributed by atoms with Crippen molar-refractivity contribution in [3.63, 3.8) is 0 Å². The molecule has 1 aromatic carbocycles. The SMILES string of the molecule is C/C=C/C/C=C(/C)[C@@H](CC/C(C)=C/C=C(\C)C(=O)c1c(O)cc([C@H](C)CC/C=C/NC(=O)OC)oc1=O)OC(=O)[C@@](C)(OC)c1ccccc1. The molecule has 1 aromatic heterocycles. The number of amides is 1. The zero-order valence-corrected chi connectivity index (χ0v) is 30.4. The van der Waals surface area contributed by atoms with Gasteiger partial charge in [-0.15, -0.1) is 0 Å². The van der Waals surface area contributed by atoms with Crippen molar-refractivity contribution < 1.29 is 38.1 Å². The summed E-state index contributed by atoms with van der Waals surface area (Å²) in [6, 6.07) is 10.5. The number of carbonyl (C=O) groups excluding carboxylic acids is 3. The summed E-state index contributed by atoms with van der Waals surface area (Å²) in [5.74, 6) is -1.59. The van der Waals surface area contributed by atoms with Gasteiger partial charge in [0, 0.05) is 25.3 Å². The summed E-state index contributed by atoms with van der Waals surface area (Å²) in [5.41, 5.74) is 0.0996. The molecule has 1 heterocycles. The Bertz CT molecular complexity index is 1660. The van der Waals surface area contributed by atoms with E-state index in [1.54, 1.807) is 32.1 Å². The summed E-state index contributed by atoms with van der Waals surface area (Å²) in [5, 5.41) is 13.1. The van der Waals surface area contributed by atoms with Gasteiger partial charge in [0.2, 0.25) is 0 Å². The fraction of sp³-hybridized carbons (Fsp3) is 0.400. The van der Waals surface area contributed by atoms with E-state index >= 15 is 0 Å². The minimum Gasteiger partial charge on any atom is -0.507 e. The van der Waals surface area contributed by atoms with E-state index in [0.717, 1.165) is 11.1 Å². The molecule has 2 rings (SSSR count). The van der Waals surface area contributed by atoms with Crippen molar-refractivity contribution in [2.24, 2.45) is 0 Å². The molecule has 50 heavy (non-hydrogen) atoms. The largest absolute Gasteiger partial charge is 0.507 e. The van der Waals surface area contributed by atoms with Crippen LogP contribution in [0.3, 0.4) is 0 Å². The first-order valence-corrected chi connectivity index (χ1v) is 16.6. The number of hydrogen-bond donors (Lipinski definition) is 2. The van der Waals surface area contributed by atoms with E-state index in [0.29, 0.717) is 37.7 Å². The smallest absolute Gasteiger partial charge is 0.410 e. The van der Waals surface area contributed by atoms with E-state index in [9.17, 15) is 24.3 Å². The van der Waals surface area contributed by atoms with E-state index in [4.69, 9.17) is 13.9 Å². The van der Waals surface area contributed by atoms with Crippen LogP contribution in [0.4, 0.5) is 4.79 Å². The molecule has 10 heteroatoms. The first kappa shape index (κ1) is 41.2. The lowest BCUT2D eigenvalue weighted by Gasteiger charge is -2.29. The van der Waals surface area contributed by atoms with Crippen molar-refractivity contribution in [3.05, 3.63) is 123 Å². The number of esters is 1. The van der Waals surface area contributed by atoms with Crippen LogP contribution in [-0.4, -0.2) is 43.3 Å². The molecule has 2 aromatic rings. The van der Waals surface area contributed by atoms with Gasteiger partial charge in [0.25, 0.3) is 0 Å². The van der Waals surface area contributed by atoms with Crippen LogP contribution in [0.5, 0.6) is 5.75 Å². The molecule has 10 nitrogen and oxygen atoms in total. The molecular weight excluding hydrogens is 638 g/mol. The second kappa shape index (κ2) is 20.5. The molecule has 0 fully saturated rings. The van der Waals surface area contributed by atoms with Gasteiger partial charge in [-0.2, -0.15) is 0 Å². The number of ether oxygens (including phenoxy) is 3. The van der Waals surface area contributed by atoms with E-state index in [1.807, 2.05) is 76.3 Å². The van der Waals surface area contributed by atoms with Crippen LogP contribution < -0.4 is 10.9 Å². The van der Waals surface area contributed by atoms with Crippen molar-refractivity contribution in [1.82, 2.24) is 5.32 Å². The summed E-state index contributed by atoms with van der Waals surface area (Å²) in [4.78, 5) is 50.6. The maximum absolute atomic E-state index is 13.5. The summed E-state index contributed by atoms with van der Waals surface area (Å²) in [6.45, 7) is 10.9. The molecule has 0 bridgehead atoms. The number of nitrogens with one attached hydrogen (secondary N) is 1. The van der Waals surface area contributed by atoms with Crippen LogP contribution in [-0.2, 0) is 24.6 Å². The summed E-state index contributed by atoms with van der Waals surface area (Å²) in [7, 11) is 2.75. The molecule has 0 aliphatic rings. The minimum atomic E-state index is -1.29. The molecule has 270 valence electrons. The number of Topliss-reactive ketones (excluding diaryl/α,β-unsaturated/α-hetero) is 1. The van der Waals surface area contributed by atoms with Crippen LogP contribution in [0.2, 0.25) is 0 Å². The van der Waals surface area contributed by atoms with Gasteiger partial charge in [0.1, 0.15) is 23.2 Å². The molecule has 0 saturated heterocycles. The minimum absolute atomic E-state index is 0.236. The number of rotatable bonds is 18. The van der Waals surface area contributed by atoms with Gasteiger partial charge < -0.3 is 23.7 Å². The Kier molecular flexibility index (Phi) is 16.9. The molecule has 0 radical (unpaired) electrons. The standard InChI is InChI=1S/C40H51NO9/c1-9-10-12-17-28(3)33(50-38(45)40(6,48-8)31-19-13-11-14-20-31)24-22-27(2)21-23-30(5)36(43)35-32(42)26-34(49-37(35)44)29(4)18-15-16-25-41-39(46)47-7/h9-11,13-14,16-17,19-21,23,25-26,29,33,42H,12,15,18,22,24H2,1-8H3,(H,41,46)/b10-9+,25-16+,27-21+,28-17-,30-23+/t29-,33-,40+/m1/s1. The lowest BCUT2D eigenvalue weighted by molar-refractivity contribution is -0.172. The zero-order valence-electron chi connectivity index (χ0n) is 30.4. The van der Waals surface area contributed by atoms with Crippen molar-refractivity contribution in [3.8, 4) is 5.75 Å². The Labute approximate surface area is 295 Å². The van der Waals surface area contributed by atoms with Crippen molar-refractivity contribution in [2.45, 2.75) is 91.3 Å². The average molecular weight is 690 g/mol. The van der Waals surface area contributed by atoms with E-state index in [1.165, 1.54) is 26.5 Å². The third-order valence-corrected chi connectivity index (χ3v) is 8.40. The third kappa shape index (κ3) is 12.2. The maximum Gasteiger partial charge on any atom is 0.410 e. The van der Waals surface area contributed by atoms with Crippen molar-refractivity contribution in [2.75, 3.05) is 14.2 Å². The number of aromatic hydroxyl groups is 1. The summed E-state index contributed by atoms with van der Waals surface area (Å²) >= 11 is 0. The molecule has 0 aliphatic carbocycles. The lowest BCUT2D eigenvalue weighted by Crippen LogP contribution is -2.38. The normalized spacial score (nSPS) is 15.1. The van der Waals surface area contributed by atoms with Crippen LogP contribution in [0.25, 0.3) is 0 Å². The van der Waals surface area contributed by atoms with E-state index < -0.39 is 46.5 Å². The van der Waals surface area contributed by atoms with Crippen molar-refractivity contribution >= 4 is 17.8 Å². The lowest BCUT2D eigenvalue weighted by atomic mass is 9.95. The highest BCUT2D eigenvalue weighted by molar-refractivity contribution is 6.09. The quantitative estimate of drug-likeness (QED) is 0.0519.